The number of aryl methyl sites for hydroxylation is 1. The van der Waals surface area contributed by atoms with Gasteiger partial charge in [-0.3, -0.25) is 0 Å². The van der Waals surface area contributed by atoms with Crippen molar-refractivity contribution >= 4 is 11.8 Å². The van der Waals surface area contributed by atoms with Crippen molar-refractivity contribution in [2.75, 3.05) is 12.3 Å². The van der Waals surface area contributed by atoms with Crippen LogP contribution >= 0.6 is 11.8 Å². The summed E-state index contributed by atoms with van der Waals surface area (Å²) in [6.07, 6.45) is 8.97. The summed E-state index contributed by atoms with van der Waals surface area (Å²) in [5.41, 5.74) is 1.13. The predicted octanol–water partition coefficient (Wildman–Crippen LogP) is 3.63. The molecular weight excluding hydrogens is 285 g/mol. The van der Waals surface area contributed by atoms with E-state index in [-0.39, 0.29) is 5.82 Å². The number of unbranched alkanes of at least 4 members (excludes halogenated alkanes) is 1. The standard InChI is InChI=1S/C16H20FN3S/c17-14-5-3-4-13-15(6-11-21-16(13)14)19-7-1-2-9-20-10-8-18-12-20/h3-5,8,10,12,15,19H,1-2,6-7,9,11H2. The molecule has 0 spiro atoms. The van der Waals surface area contributed by atoms with Crippen molar-refractivity contribution in [3.63, 3.8) is 0 Å². The Labute approximate surface area is 129 Å². The third-order valence-corrected chi connectivity index (χ3v) is 4.98. The lowest BCUT2D eigenvalue weighted by Crippen LogP contribution is -2.26. The maximum atomic E-state index is 13.8. The van der Waals surface area contributed by atoms with E-state index in [1.807, 2.05) is 30.9 Å². The molecule has 1 aliphatic heterocycles. The third kappa shape index (κ3) is 3.66. The van der Waals surface area contributed by atoms with Gasteiger partial charge in [-0.25, -0.2) is 9.37 Å². The van der Waals surface area contributed by atoms with Gasteiger partial charge in [-0.2, -0.15) is 0 Å². The average Bonchev–Trinajstić information content (AvgIpc) is 3.01. The van der Waals surface area contributed by atoms with Gasteiger partial charge in [0.25, 0.3) is 0 Å². The van der Waals surface area contributed by atoms with Crippen LogP contribution in [0.5, 0.6) is 0 Å². The lowest BCUT2D eigenvalue weighted by molar-refractivity contribution is 0.476. The van der Waals surface area contributed by atoms with Crippen LogP contribution in [-0.4, -0.2) is 21.8 Å². The molecule has 3 nitrogen and oxygen atoms in total. The fourth-order valence-electron chi connectivity index (χ4n) is 2.71. The Morgan fingerprint density at radius 1 is 1.38 bits per heavy atom. The number of nitrogens with zero attached hydrogens (tertiary/aromatic N) is 2. The third-order valence-electron chi connectivity index (χ3n) is 3.82. The van der Waals surface area contributed by atoms with E-state index in [0.29, 0.717) is 6.04 Å². The molecule has 0 radical (unpaired) electrons. The van der Waals surface area contributed by atoms with Gasteiger partial charge in [0.1, 0.15) is 5.82 Å². The molecule has 3 rings (SSSR count). The quantitative estimate of drug-likeness (QED) is 0.827. The fraction of sp³-hybridized carbons (Fsp3) is 0.438. The van der Waals surface area contributed by atoms with Crippen LogP contribution < -0.4 is 5.32 Å². The number of imidazole rings is 1. The second-order valence-electron chi connectivity index (χ2n) is 5.31. The highest BCUT2D eigenvalue weighted by atomic mass is 32.2. The number of nitrogens with one attached hydrogen (secondary N) is 1. The zero-order valence-electron chi connectivity index (χ0n) is 12.0. The van der Waals surface area contributed by atoms with Crippen molar-refractivity contribution in [3.8, 4) is 0 Å². The Morgan fingerprint density at radius 2 is 2.33 bits per heavy atom. The van der Waals surface area contributed by atoms with Crippen LogP contribution in [0.4, 0.5) is 4.39 Å². The summed E-state index contributed by atoms with van der Waals surface area (Å²) in [7, 11) is 0. The molecule has 2 heterocycles. The topological polar surface area (TPSA) is 29.9 Å². The fourth-order valence-corrected chi connectivity index (χ4v) is 3.85. The zero-order valence-corrected chi connectivity index (χ0v) is 12.8. The minimum atomic E-state index is -0.0795. The molecule has 112 valence electrons. The van der Waals surface area contributed by atoms with Crippen LogP contribution in [0.1, 0.15) is 30.9 Å². The summed E-state index contributed by atoms with van der Waals surface area (Å²) in [5, 5.41) is 3.58. The molecule has 0 bridgehead atoms. The van der Waals surface area contributed by atoms with Gasteiger partial charge in [0.15, 0.2) is 0 Å². The van der Waals surface area contributed by atoms with Crippen LogP contribution in [0, 0.1) is 5.82 Å². The number of thioether (sulfide) groups is 1. The van der Waals surface area contributed by atoms with Gasteiger partial charge in [0.05, 0.1) is 6.33 Å². The smallest absolute Gasteiger partial charge is 0.137 e. The highest BCUT2D eigenvalue weighted by molar-refractivity contribution is 7.99. The van der Waals surface area contributed by atoms with Crippen molar-refractivity contribution in [1.29, 1.82) is 0 Å². The Balaban J connectivity index is 1.47. The van der Waals surface area contributed by atoms with Gasteiger partial charge in [0.2, 0.25) is 0 Å². The number of hydrogen-bond acceptors (Lipinski definition) is 3. The summed E-state index contributed by atoms with van der Waals surface area (Å²) in [4.78, 5) is 4.87. The number of benzene rings is 1. The van der Waals surface area contributed by atoms with Crippen molar-refractivity contribution in [2.45, 2.75) is 36.7 Å². The van der Waals surface area contributed by atoms with E-state index in [1.54, 1.807) is 17.8 Å². The van der Waals surface area contributed by atoms with Crippen molar-refractivity contribution < 1.29 is 4.39 Å². The SMILES string of the molecule is Fc1cccc2c1SCCC2NCCCCn1ccnc1. The van der Waals surface area contributed by atoms with E-state index in [0.717, 1.165) is 48.6 Å². The first-order chi connectivity index (χ1) is 10.3. The molecule has 0 aliphatic carbocycles. The molecule has 5 heteroatoms. The highest BCUT2D eigenvalue weighted by Gasteiger charge is 2.22. The molecule has 1 unspecified atom stereocenters. The van der Waals surface area contributed by atoms with Crippen molar-refractivity contribution in [3.05, 3.63) is 48.3 Å². The lowest BCUT2D eigenvalue weighted by Gasteiger charge is -2.26. The van der Waals surface area contributed by atoms with Crippen LogP contribution in [0.25, 0.3) is 0 Å². The molecule has 0 saturated heterocycles. The van der Waals surface area contributed by atoms with Crippen LogP contribution in [0.15, 0.2) is 41.8 Å². The molecule has 1 N–H and O–H groups in total. The molecular formula is C16H20FN3S. The van der Waals surface area contributed by atoms with Gasteiger partial charge < -0.3 is 9.88 Å². The maximum Gasteiger partial charge on any atom is 0.137 e. The van der Waals surface area contributed by atoms with E-state index in [9.17, 15) is 4.39 Å². The number of fused-ring (bicyclic) bond motifs is 1. The van der Waals surface area contributed by atoms with E-state index in [4.69, 9.17) is 0 Å². The first kappa shape index (κ1) is 14.6. The van der Waals surface area contributed by atoms with Crippen LogP contribution in [0.3, 0.4) is 0 Å². The number of hydrogen-bond donors (Lipinski definition) is 1. The predicted molar refractivity (Wildman–Crippen MR) is 83.9 cm³/mol. The molecule has 21 heavy (non-hydrogen) atoms. The largest absolute Gasteiger partial charge is 0.337 e. The Hall–Kier alpha value is -1.33. The first-order valence-corrected chi connectivity index (χ1v) is 8.43. The zero-order chi connectivity index (χ0) is 14.5. The minimum absolute atomic E-state index is 0.0795. The molecule has 1 aromatic heterocycles. The van der Waals surface area contributed by atoms with E-state index >= 15 is 0 Å². The maximum absolute atomic E-state index is 13.8. The second-order valence-corrected chi connectivity index (χ2v) is 6.41. The summed E-state index contributed by atoms with van der Waals surface area (Å²) in [5.74, 6) is 0.907. The van der Waals surface area contributed by atoms with E-state index in [1.165, 1.54) is 0 Å². The van der Waals surface area contributed by atoms with Crippen LogP contribution in [-0.2, 0) is 6.54 Å². The van der Waals surface area contributed by atoms with E-state index < -0.39 is 0 Å². The Morgan fingerprint density at radius 3 is 3.19 bits per heavy atom. The van der Waals surface area contributed by atoms with Gasteiger partial charge in [0, 0.05) is 29.9 Å². The summed E-state index contributed by atoms with van der Waals surface area (Å²) in [6.45, 7) is 1.98. The van der Waals surface area contributed by atoms with Gasteiger partial charge >= 0.3 is 0 Å². The van der Waals surface area contributed by atoms with Gasteiger partial charge in [-0.05, 0) is 43.2 Å². The molecule has 0 amide bonds. The Kier molecular flexibility index (Phi) is 4.93. The minimum Gasteiger partial charge on any atom is -0.337 e. The monoisotopic (exact) mass is 305 g/mol. The highest BCUT2D eigenvalue weighted by Crippen LogP contribution is 2.37. The number of aromatic nitrogens is 2. The molecule has 0 saturated carbocycles. The second kappa shape index (κ2) is 7.09. The van der Waals surface area contributed by atoms with E-state index in [2.05, 4.69) is 14.9 Å². The summed E-state index contributed by atoms with van der Waals surface area (Å²) >= 11 is 1.64. The molecule has 2 aromatic rings. The summed E-state index contributed by atoms with van der Waals surface area (Å²) < 4.78 is 15.9. The van der Waals surface area contributed by atoms with Gasteiger partial charge in [-0.1, -0.05) is 12.1 Å². The van der Waals surface area contributed by atoms with Crippen molar-refractivity contribution in [1.82, 2.24) is 14.9 Å². The lowest BCUT2D eigenvalue weighted by atomic mass is 10.0. The first-order valence-electron chi connectivity index (χ1n) is 7.45. The Bertz CT molecular complexity index is 571. The summed E-state index contributed by atoms with van der Waals surface area (Å²) in [6, 6.07) is 5.71. The molecule has 1 aliphatic rings. The van der Waals surface area contributed by atoms with Gasteiger partial charge in [-0.15, -0.1) is 11.8 Å². The molecule has 1 aromatic carbocycles. The van der Waals surface area contributed by atoms with Crippen molar-refractivity contribution in [2.24, 2.45) is 0 Å². The average molecular weight is 305 g/mol. The number of rotatable bonds is 6. The van der Waals surface area contributed by atoms with Crippen LogP contribution in [0.2, 0.25) is 0 Å². The molecule has 1 atom stereocenters. The normalized spacial score (nSPS) is 17.7. The molecule has 0 fully saturated rings. The number of halogens is 1.